The first kappa shape index (κ1) is 13.8. The van der Waals surface area contributed by atoms with E-state index in [4.69, 9.17) is 21.4 Å². The van der Waals surface area contributed by atoms with Gasteiger partial charge in [-0.15, -0.1) is 0 Å². The Labute approximate surface area is 115 Å². The van der Waals surface area contributed by atoms with Gasteiger partial charge in [0, 0.05) is 6.54 Å². The van der Waals surface area contributed by atoms with Gasteiger partial charge in [0.2, 0.25) is 0 Å². The Kier molecular flexibility index (Phi) is 4.07. The second-order valence-corrected chi connectivity index (χ2v) is 4.82. The number of carboxylic acid groups (broad SMARTS) is 1. The number of carbonyl (C=O) groups is 2. The molecule has 6 heteroatoms. The predicted octanol–water partition coefficient (Wildman–Crippen LogP) is 1.57. The van der Waals surface area contributed by atoms with Gasteiger partial charge < -0.3 is 14.7 Å². The highest BCUT2D eigenvalue weighted by molar-refractivity contribution is 6.33. The number of rotatable bonds is 2. The number of carboxylic acids is 1. The van der Waals surface area contributed by atoms with Crippen LogP contribution >= 0.6 is 11.6 Å². The topological polar surface area (TPSA) is 66.8 Å². The summed E-state index contributed by atoms with van der Waals surface area (Å²) in [6.07, 6.45) is 0. The lowest BCUT2D eigenvalue weighted by Gasteiger charge is -2.33. The number of amides is 1. The molecule has 1 amide bonds. The third kappa shape index (κ3) is 2.88. The van der Waals surface area contributed by atoms with E-state index in [1.54, 1.807) is 18.2 Å². The van der Waals surface area contributed by atoms with Crippen LogP contribution in [0.3, 0.4) is 0 Å². The molecule has 1 fully saturated rings. The summed E-state index contributed by atoms with van der Waals surface area (Å²) in [6.45, 7) is 2.46. The molecule has 5 nitrogen and oxygen atoms in total. The van der Waals surface area contributed by atoms with Gasteiger partial charge in [-0.2, -0.15) is 0 Å². The Hall–Kier alpha value is -1.59. The summed E-state index contributed by atoms with van der Waals surface area (Å²) in [6, 6.07) is 4.12. The van der Waals surface area contributed by atoms with Gasteiger partial charge in [-0.05, 0) is 24.6 Å². The van der Waals surface area contributed by atoms with E-state index in [0.29, 0.717) is 17.2 Å². The number of benzene rings is 1. The van der Waals surface area contributed by atoms with Crippen molar-refractivity contribution in [1.82, 2.24) is 4.90 Å². The first-order valence-electron chi connectivity index (χ1n) is 5.88. The number of hydrogen-bond donors (Lipinski definition) is 1. The zero-order valence-electron chi connectivity index (χ0n) is 10.4. The van der Waals surface area contributed by atoms with Gasteiger partial charge >= 0.3 is 5.97 Å². The van der Waals surface area contributed by atoms with E-state index in [9.17, 15) is 9.59 Å². The molecule has 1 aliphatic rings. The molecule has 1 heterocycles. The summed E-state index contributed by atoms with van der Waals surface area (Å²) in [5.74, 6) is -1.45. The molecular weight excluding hydrogens is 270 g/mol. The monoisotopic (exact) mass is 283 g/mol. The molecule has 0 saturated carbocycles. The molecular formula is C13H14ClNO4. The molecule has 1 atom stereocenters. The first-order chi connectivity index (χ1) is 9.00. The fourth-order valence-corrected chi connectivity index (χ4v) is 2.32. The van der Waals surface area contributed by atoms with Crippen molar-refractivity contribution in [3.05, 3.63) is 34.3 Å². The lowest BCUT2D eigenvalue weighted by atomic mass is 10.1. The maximum atomic E-state index is 12.4. The lowest BCUT2D eigenvalue weighted by molar-refractivity contribution is -0.147. The lowest BCUT2D eigenvalue weighted by Crippen LogP contribution is -2.52. The molecule has 19 heavy (non-hydrogen) atoms. The predicted molar refractivity (Wildman–Crippen MR) is 69.5 cm³/mol. The highest BCUT2D eigenvalue weighted by Crippen LogP contribution is 2.21. The van der Waals surface area contributed by atoms with Gasteiger partial charge in [0.1, 0.15) is 0 Å². The van der Waals surface area contributed by atoms with Crippen LogP contribution in [0.2, 0.25) is 5.02 Å². The fourth-order valence-electron chi connectivity index (χ4n) is 2.00. The van der Waals surface area contributed by atoms with Crippen molar-refractivity contribution >= 4 is 23.5 Å². The minimum absolute atomic E-state index is 0.00452. The Morgan fingerprint density at radius 2 is 2.21 bits per heavy atom. The molecule has 2 rings (SSSR count). The molecule has 0 bridgehead atoms. The molecule has 102 valence electrons. The zero-order chi connectivity index (χ0) is 14.0. The van der Waals surface area contributed by atoms with Crippen molar-refractivity contribution in [2.45, 2.75) is 13.0 Å². The Balaban J connectivity index is 2.28. The Bertz CT molecular complexity index is 517. The second-order valence-electron chi connectivity index (χ2n) is 4.41. The average molecular weight is 284 g/mol. The number of hydrogen-bond acceptors (Lipinski definition) is 3. The standard InChI is InChI=1S/C13H14ClNO4/c1-8-2-3-9(10(14)6-8)12(16)15-4-5-19-7-11(15)13(17)18/h2-3,6,11H,4-5,7H2,1H3,(H,17,18). The first-order valence-corrected chi connectivity index (χ1v) is 6.26. The van der Waals surface area contributed by atoms with Crippen molar-refractivity contribution in [3.8, 4) is 0 Å². The highest BCUT2D eigenvalue weighted by Gasteiger charge is 2.33. The number of nitrogens with zero attached hydrogens (tertiary/aromatic N) is 1. The SMILES string of the molecule is Cc1ccc(C(=O)N2CCOCC2C(=O)O)c(Cl)c1. The van der Waals surface area contributed by atoms with Crippen LogP contribution in [-0.4, -0.2) is 47.7 Å². The van der Waals surface area contributed by atoms with Gasteiger partial charge in [0.05, 0.1) is 23.8 Å². The molecule has 1 saturated heterocycles. The van der Waals surface area contributed by atoms with E-state index in [2.05, 4.69) is 0 Å². The van der Waals surface area contributed by atoms with Gasteiger partial charge in [-0.25, -0.2) is 4.79 Å². The minimum atomic E-state index is -1.07. The third-order valence-corrected chi connectivity index (χ3v) is 3.34. The van der Waals surface area contributed by atoms with Crippen LogP contribution < -0.4 is 0 Å². The van der Waals surface area contributed by atoms with Gasteiger partial charge in [0.15, 0.2) is 6.04 Å². The smallest absolute Gasteiger partial charge is 0.328 e. The molecule has 1 unspecified atom stereocenters. The van der Waals surface area contributed by atoms with Crippen LogP contribution in [0, 0.1) is 6.92 Å². The van der Waals surface area contributed by atoms with Crippen LogP contribution in [-0.2, 0) is 9.53 Å². The van der Waals surface area contributed by atoms with Crippen molar-refractivity contribution in [2.75, 3.05) is 19.8 Å². The van der Waals surface area contributed by atoms with Crippen LogP contribution in [0.5, 0.6) is 0 Å². The van der Waals surface area contributed by atoms with Crippen LogP contribution in [0.25, 0.3) is 0 Å². The number of morpholine rings is 1. The number of aryl methyl sites for hydroxylation is 1. The van der Waals surface area contributed by atoms with Gasteiger partial charge in [0.25, 0.3) is 5.91 Å². The molecule has 0 radical (unpaired) electrons. The largest absolute Gasteiger partial charge is 0.480 e. The van der Waals surface area contributed by atoms with E-state index in [1.165, 1.54) is 4.90 Å². The normalized spacial score (nSPS) is 19.3. The summed E-state index contributed by atoms with van der Waals surface area (Å²) in [4.78, 5) is 24.8. The average Bonchev–Trinajstić information content (AvgIpc) is 2.38. The minimum Gasteiger partial charge on any atom is -0.480 e. The molecule has 0 aliphatic carbocycles. The maximum Gasteiger partial charge on any atom is 0.328 e. The second kappa shape index (κ2) is 5.59. The fraction of sp³-hybridized carbons (Fsp3) is 0.385. The summed E-state index contributed by atoms with van der Waals surface area (Å²) >= 11 is 6.04. The molecule has 0 spiro atoms. The molecule has 0 aromatic heterocycles. The van der Waals surface area contributed by atoms with Gasteiger partial charge in [-0.1, -0.05) is 17.7 Å². The van der Waals surface area contributed by atoms with Crippen molar-refractivity contribution in [3.63, 3.8) is 0 Å². The zero-order valence-corrected chi connectivity index (χ0v) is 11.2. The van der Waals surface area contributed by atoms with E-state index >= 15 is 0 Å². The summed E-state index contributed by atoms with van der Waals surface area (Å²) in [5.41, 5.74) is 1.26. The Morgan fingerprint density at radius 1 is 1.47 bits per heavy atom. The van der Waals surface area contributed by atoms with Crippen LogP contribution in [0.1, 0.15) is 15.9 Å². The molecule has 1 aromatic rings. The maximum absolute atomic E-state index is 12.4. The van der Waals surface area contributed by atoms with Crippen molar-refractivity contribution in [1.29, 1.82) is 0 Å². The van der Waals surface area contributed by atoms with Crippen molar-refractivity contribution < 1.29 is 19.4 Å². The van der Waals surface area contributed by atoms with Crippen LogP contribution in [0.4, 0.5) is 0 Å². The number of ether oxygens (including phenoxy) is 1. The Morgan fingerprint density at radius 3 is 2.84 bits per heavy atom. The van der Waals surface area contributed by atoms with E-state index in [1.807, 2.05) is 6.92 Å². The highest BCUT2D eigenvalue weighted by atomic mass is 35.5. The number of carbonyl (C=O) groups excluding carboxylic acids is 1. The van der Waals surface area contributed by atoms with E-state index in [0.717, 1.165) is 5.56 Å². The number of halogens is 1. The molecule has 1 aliphatic heterocycles. The van der Waals surface area contributed by atoms with Crippen molar-refractivity contribution in [2.24, 2.45) is 0 Å². The molecule has 1 N–H and O–H groups in total. The number of aliphatic carboxylic acids is 1. The summed E-state index contributed by atoms with van der Waals surface area (Å²) in [7, 11) is 0. The van der Waals surface area contributed by atoms with Gasteiger partial charge in [-0.3, -0.25) is 4.79 Å². The molecule has 1 aromatic carbocycles. The van der Waals surface area contributed by atoms with E-state index < -0.39 is 12.0 Å². The van der Waals surface area contributed by atoms with E-state index in [-0.39, 0.29) is 19.1 Å². The third-order valence-electron chi connectivity index (χ3n) is 3.03. The quantitative estimate of drug-likeness (QED) is 0.895. The summed E-state index contributed by atoms with van der Waals surface area (Å²) in [5, 5.41) is 9.44. The summed E-state index contributed by atoms with van der Waals surface area (Å²) < 4.78 is 5.10. The van der Waals surface area contributed by atoms with Crippen LogP contribution in [0.15, 0.2) is 18.2 Å².